The summed E-state index contributed by atoms with van der Waals surface area (Å²) in [6.45, 7) is 0. The van der Waals surface area contributed by atoms with Gasteiger partial charge in [-0.15, -0.1) is 47.9 Å². The maximum absolute atomic E-state index is 12.2. The Bertz CT molecular complexity index is 3820. The first-order valence-corrected chi connectivity index (χ1v) is 24.5. The van der Waals surface area contributed by atoms with Crippen LogP contribution >= 0.6 is 63.9 Å². The second-order valence-corrected chi connectivity index (χ2v) is 19.1. The average Bonchev–Trinajstić information content (AvgIpc) is 4.23. The van der Waals surface area contributed by atoms with Crippen molar-refractivity contribution in [2.75, 3.05) is 0 Å². The van der Waals surface area contributed by atoms with Gasteiger partial charge in [0.2, 0.25) is 0 Å². The highest BCUT2D eigenvalue weighted by Crippen LogP contribution is 2.39. The summed E-state index contributed by atoms with van der Waals surface area (Å²) in [5.41, 5.74) is 8.70. The Hall–Kier alpha value is -6.47. The third-order valence-electron chi connectivity index (χ3n) is 11.1. The molecule has 14 aromatic rings. The second kappa shape index (κ2) is 20.6. The van der Waals surface area contributed by atoms with Crippen molar-refractivity contribution in [1.29, 1.82) is 0 Å². The van der Waals surface area contributed by atoms with Gasteiger partial charge in [-0.2, -0.15) is 0 Å². The van der Waals surface area contributed by atoms with Gasteiger partial charge in [-0.1, -0.05) is 121 Å². The first-order chi connectivity index (χ1) is 32.4. The van der Waals surface area contributed by atoms with E-state index in [0.29, 0.717) is 4.90 Å². The molecule has 6 heterocycles. The number of nitrogens with zero attached hydrogens (tertiary/aromatic N) is 3. The van der Waals surface area contributed by atoms with Crippen molar-refractivity contribution in [3.63, 3.8) is 0 Å². The van der Waals surface area contributed by atoms with Crippen molar-refractivity contribution in [1.82, 2.24) is 18.4 Å². The van der Waals surface area contributed by atoms with Gasteiger partial charge in [0.1, 0.15) is 15.5 Å². The molecular weight excluding hydrogens is 967 g/mol. The van der Waals surface area contributed by atoms with Crippen molar-refractivity contribution in [2.24, 2.45) is 0 Å². The number of fused-ring (bicyclic) bond motifs is 12. The van der Waals surface area contributed by atoms with Crippen LogP contribution in [-0.4, -0.2) is 26.8 Å². The lowest BCUT2D eigenvalue weighted by atomic mass is 10.2. The molecule has 0 saturated carbocycles. The van der Waals surface area contributed by atoms with E-state index in [4.69, 9.17) is 0 Å². The molecule has 325 valence electrons. The predicted molar refractivity (Wildman–Crippen MR) is 297 cm³/mol. The Balaban J connectivity index is 0.000000108. The van der Waals surface area contributed by atoms with Gasteiger partial charge in [0.15, 0.2) is 0 Å². The fourth-order valence-electron chi connectivity index (χ4n) is 8.04. The zero-order chi connectivity index (χ0) is 45.0. The van der Waals surface area contributed by atoms with Crippen LogP contribution < -0.4 is 0 Å². The quantitative estimate of drug-likeness (QED) is 0.108. The first-order valence-electron chi connectivity index (χ1n) is 21.2. The number of benzene rings is 8. The van der Waals surface area contributed by atoms with Crippen molar-refractivity contribution in [3.8, 4) is 5.69 Å². The molecule has 8 aromatic carbocycles. The van der Waals surface area contributed by atoms with Crippen LogP contribution in [0.25, 0.3) is 79.4 Å². The van der Waals surface area contributed by atoms with Crippen molar-refractivity contribution >= 4 is 146 Å². The molecule has 0 amide bonds. The third kappa shape index (κ3) is 9.43. The van der Waals surface area contributed by atoms with Crippen LogP contribution in [-0.2, 0) is 0 Å². The third-order valence-corrected chi connectivity index (χ3v) is 15.2. The van der Waals surface area contributed by atoms with Gasteiger partial charge in [0.25, 0.3) is 0 Å². The Labute approximate surface area is 416 Å². The summed E-state index contributed by atoms with van der Waals surface area (Å²) in [4.78, 5) is 7.11. The molecule has 1 N–H and O–H groups in total. The standard InChI is InChI=1S/C14H8BrNS.C14H9NS.C14H11NS.C8H7N.C6H5FS.B/c15-13-9-5-1-2-6-10(9)16-11-7-3-4-8-12(11)17-14(13)16;1-2-6-11-10(5-1)9-14-15(11)12-7-3-4-8-13(12)16-14;16-14-8-4-3-7-13(14)15-10-9-11-5-1-2-6-12(11)15;1-2-4-8-7(3-1)5-6-9-8;7-5-3-1-2-4-6(5)8;/h1-8H;1-9H;1-10,16H;1-6,9H;1-4,8H;. The van der Waals surface area contributed by atoms with Gasteiger partial charge in [0.05, 0.1) is 47.1 Å². The van der Waals surface area contributed by atoms with Crippen LogP contribution in [0.3, 0.4) is 0 Å². The maximum Gasteiger partial charge on any atom is 0.136 e. The molecule has 0 spiro atoms. The van der Waals surface area contributed by atoms with Gasteiger partial charge in [-0.05, 0) is 118 Å². The van der Waals surface area contributed by atoms with Crippen LogP contribution in [0.1, 0.15) is 0 Å². The smallest absolute Gasteiger partial charge is 0.136 e. The number of nitrogens with one attached hydrogen (secondary N) is 1. The normalized spacial score (nSPS) is 10.9. The lowest BCUT2D eigenvalue weighted by Gasteiger charge is -2.07. The minimum absolute atomic E-state index is 0. The number of aromatic amines is 1. The Morgan fingerprint density at radius 2 is 1.03 bits per heavy atom. The summed E-state index contributed by atoms with van der Waals surface area (Å²) < 4.78 is 23.0. The van der Waals surface area contributed by atoms with Gasteiger partial charge in [-0.25, -0.2) is 4.39 Å². The van der Waals surface area contributed by atoms with E-state index in [-0.39, 0.29) is 14.2 Å². The maximum atomic E-state index is 12.2. The van der Waals surface area contributed by atoms with E-state index in [9.17, 15) is 4.39 Å². The average molecular weight is 1010 g/mol. The van der Waals surface area contributed by atoms with Crippen LogP contribution in [0.2, 0.25) is 0 Å². The van der Waals surface area contributed by atoms with Gasteiger partial charge < -0.3 is 9.55 Å². The number of rotatable bonds is 1. The summed E-state index contributed by atoms with van der Waals surface area (Å²) in [5.74, 6) is -0.268. The molecule has 0 saturated heterocycles. The Morgan fingerprint density at radius 1 is 0.478 bits per heavy atom. The van der Waals surface area contributed by atoms with E-state index >= 15 is 0 Å². The predicted octanol–water partition coefficient (Wildman–Crippen LogP) is 17.2. The molecule has 0 aliphatic carbocycles. The Morgan fingerprint density at radius 3 is 1.73 bits per heavy atom. The number of hydrogen-bond acceptors (Lipinski definition) is 4. The number of thiol groups is 2. The minimum atomic E-state index is -0.268. The van der Waals surface area contributed by atoms with Crippen LogP contribution in [0.15, 0.2) is 239 Å². The number of thiazole rings is 2. The largest absolute Gasteiger partial charge is 0.361 e. The van der Waals surface area contributed by atoms with Crippen molar-refractivity contribution < 1.29 is 4.39 Å². The molecule has 0 bridgehead atoms. The summed E-state index contributed by atoms with van der Waals surface area (Å²) in [6.07, 6.45) is 4.03. The fourth-order valence-corrected chi connectivity index (χ4v) is 11.4. The highest BCUT2D eigenvalue weighted by atomic mass is 79.9. The molecule has 0 aliphatic rings. The summed E-state index contributed by atoms with van der Waals surface area (Å²) >= 11 is 15.7. The topological polar surface area (TPSA) is 29.5 Å². The number of hydrogen-bond donors (Lipinski definition) is 3. The molecule has 4 nitrogen and oxygen atoms in total. The summed E-state index contributed by atoms with van der Waals surface area (Å²) in [7, 11) is 0. The van der Waals surface area contributed by atoms with Gasteiger partial charge >= 0.3 is 0 Å². The molecule has 11 heteroatoms. The van der Waals surface area contributed by atoms with Crippen LogP contribution in [0, 0.1) is 5.82 Å². The molecule has 0 unspecified atom stereocenters. The van der Waals surface area contributed by atoms with Gasteiger partial charge in [-0.3, -0.25) is 8.80 Å². The zero-order valence-corrected chi connectivity index (χ0v) is 40.8. The number of para-hydroxylation sites is 7. The minimum Gasteiger partial charge on any atom is -0.361 e. The van der Waals surface area contributed by atoms with Crippen molar-refractivity contribution in [2.45, 2.75) is 9.79 Å². The highest BCUT2D eigenvalue weighted by molar-refractivity contribution is 9.11. The number of H-pyrrole nitrogens is 1. The molecule has 0 aliphatic heterocycles. The molecular formula is C56H40BBrFN4S4. The Kier molecular flexibility index (Phi) is 14.0. The molecule has 6 aromatic heterocycles. The number of aromatic nitrogens is 4. The SMILES string of the molecule is Brc1c2ccccc2n2c1sc1ccccc12.Fc1ccccc1S.Sc1ccccc1-n1ccc2ccccc21.[B].c1ccc2[nH]ccc2c1.c1ccc2c(c1)cc1sc3ccccc3n12. The van der Waals surface area contributed by atoms with E-state index in [1.807, 2.05) is 59.2 Å². The lowest BCUT2D eigenvalue weighted by Crippen LogP contribution is -1.92. The van der Waals surface area contributed by atoms with Crippen molar-refractivity contribution in [3.05, 3.63) is 235 Å². The van der Waals surface area contributed by atoms with E-state index in [2.05, 4.69) is 223 Å². The summed E-state index contributed by atoms with van der Waals surface area (Å²) in [6, 6.07) is 71.6. The van der Waals surface area contributed by atoms with E-state index in [1.165, 1.54) is 84.2 Å². The van der Waals surface area contributed by atoms with Crippen LogP contribution in [0.5, 0.6) is 0 Å². The van der Waals surface area contributed by atoms with E-state index in [0.717, 1.165) is 10.6 Å². The molecule has 0 atom stereocenters. The van der Waals surface area contributed by atoms with Gasteiger partial charge in [0, 0.05) is 46.9 Å². The molecule has 0 fully saturated rings. The molecule has 67 heavy (non-hydrogen) atoms. The van der Waals surface area contributed by atoms with E-state index in [1.54, 1.807) is 18.2 Å². The second-order valence-electron chi connectivity index (χ2n) is 15.2. The molecule has 3 radical (unpaired) electrons. The zero-order valence-electron chi connectivity index (χ0n) is 35.7. The lowest BCUT2D eigenvalue weighted by molar-refractivity contribution is 0.602. The van der Waals surface area contributed by atoms with E-state index < -0.39 is 0 Å². The fraction of sp³-hybridized carbons (Fsp3) is 0. The molecule has 14 rings (SSSR count). The first kappa shape index (κ1) is 45.7. The highest BCUT2D eigenvalue weighted by Gasteiger charge is 2.14. The van der Waals surface area contributed by atoms with Crippen LogP contribution in [0.4, 0.5) is 4.39 Å². The summed E-state index contributed by atoms with van der Waals surface area (Å²) in [5, 5.41) is 5.13. The number of halogens is 2. The monoisotopic (exact) mass is 1010 g/mol.